The first-order valence-corrected chi connectivity index (χ1v) is 8.66. The van der Waals surface area contributed by atoms with Crippen molar-refractivity contribution in [2.75, 3.05) is 19.6 Å². The monoisotopic (exact) mass is 363 g/mol. The van der Waals surface area contributed by atoms with Crippen LogP contribution in [0.2, 0.25) is 0 Å². The standard InChI is InChI=1S/C18H25N5O.ClH/c1-3-22(13-15-7-5-4-6-8-15)18(24)17-14(2)23(21-20-17)16-9-11-19-12-10-16;/h4-8,16,19H,3,9-13H2,1-2H3;1H. The van der Waals surface area contributed by atoms with Gasteiger partial charge in [0.05, 0.1) is 11.7 Å². The number of carbonyl (C=O) groups is 1. The van der Waals surface area contributed by atoms with Crippen molar-refractivity contribution >= 4 is 18.3 Å². The van der Waals surface area contributed by atoms with Crippen LogP contribution in [0.5, 0.6) is 0 Å². The number of aromatic nitrogens is 3. The third-order valence-corrected chi connectivity index (χ3v) is 4.67. The maximum absolute atomic E-state index is 12.9. The van der Waals surface area contributed by atoms with Crippen LogP contribution in [0.1, 0.15) is 47.6 Å². The van der Waals surface area contributed by atoms with Gasteiger partial charge < -0.3 is 10.2 Å². The van der Waals surface area contributed by atoms with Gasteiger partial charge in [-0.2, -0.15) is 0 Å². The number of hydrogen-bond donors (Lipinski definition) is 1. The van der Waals surface area contributed by atoms with Gasteiger partial charge in [-0.05, 0) is 45.3 Å². The Morgan fingerprint density at radius 3 is 2.60 bits per heavy atom. The zero-order valence-corrected chi connectivity index (χ0v) is 15.6. The van der Waals surface area contributed by atoms with Crippen LogP contribution in [0.4, 0.5) is 0 Å². The highest BCUT2D eigenvalue weighted by Gasteiger charge is 2.25. The number of nitrogens with zero attached hydrogens (tertiary/aromatic N) is 4. The highest BCUT2D eigenvalue weighted by atomic mass is 35.5. The van der Waals surface area contributed by atoms with Crippen LogP contribution in [0.3, 0.4) is 0 Å². The Labute approximate surface area is 155 Å². The van der Waals surface area contributed by atoms with Gasteiger partial charge in [-0.15, -0.1) is 17.5 Å². The van der Waals surface area contributed by atoms with Gasteiger partial charge in [-0.3, -0.25) is 4.79 Å². The normalized spacial score (nSPS) is 14.8. The van der Waals surface area contributed by atoms with Crippen LogP contribution in [0.25, 0.3) is 0 Å². The lowest BCUT2D eigenvalue weighted by molar-refractivity contribution is 0.0745. The Morgan fingerprint density at radius 1 is 1.28 bits per heavy atom. The zero-order valence-electron chi connectivity index (χ0n) is 14.8. The van der Waals surface area contributed by atoms with Gasteiger partial charge in [0.25, 0.3) is 5.91 Å². The number of carbonyl (C=O) groups excluding carboxylic acids is 1. The zero-order chi connectivity index (χ0) is 16.9. The summed E-state index contributed by atoms with van der Waals surface area (Å²) in [7, 11) is 0. The molecule has 1 aromatic heterocycles. The molecule has 1 aliphatic heterocycles. The molecule has 0 saturated carbocycles. The molecule has 1 aromatic carbocycles. The molecule has 3 rings (SSSR count). The number of hydrogen-bond acceptors (Lipinski definition) is 4. The fraction of sp³-hybridized carbons (Fsp3) is 0.500. The highest BCUT2D eigenvalue weighted by Crippen LogP contribution is 2.21. The van der Waals surface area contributed by atoms with Crippen LogP contribution in [0.15, 0.2) is 30.3 Å². The van der Waals surface area contributed by atoms with E-state index >= 15 is 0 Å². The number of benzene rings is 1. The fourth-order valence-corrected chi connectivity index (χ4v) is 3.22. The maximum Gasteiger partial charge on any atom is 0.276 e. The van der Waals surface area contributed by atoms with Gasteiger partial charge in [0.2, 0.25) is 0 Å². The smallest absolute Gasteiger partial charge is 0.276 e. The van der Waals surface area contributed by atoms with E-state index < -0.39 is 0 Å². The summed E-state index contributed by atoms with van der Waals surface area (Å²) in [6, 6.07) is 10.4. The van der Waals surface area contributed by atoms with E-state index in [1.165, 1.54) is 0 Å². The van der Waals surface area contributed by atoms with Crippen molar-refractivity contribution in [3.63, 3.8) is 0 Å². The van der Waals surface area contributed by atoms with Crippen LogP contribution in [0, 0.1) is 6.92 Å². The predicted molar refractivity (Wildman–Crippen MR) is 100 cm³/mol. The SMILES string of the molecule is CCN(Cc1ccccc1)C(=O)c1nnn(C2CCNCC2)c1C.Cl. The first-order chi connectivity index (χ1) is 11.7. The molecule has 136 valence electrons. The van der Waals surface area contributed by atoms with Crippen LogP contribution in [-0.2, 0) is 6.54 Å². The molecule has 0 atom stereocenters. The fourth-order valence-electron chi connectivity index (χ4n) is 3.22. The van der Waals surface area contributed by atoms with Crippen molar-refractivity contribution in [1.82, 2.24) is 25.2 Å². The summed E-state index contributed by atoms with van der Waals surface area (Å²) < 4.78 is 1.93. The van der Waals surface area contributed by atoms with E-state index in [4.69, 9.17) is 0 Å². The summed E-state index contributed by atoms with van der Waals surface area (Å²) in [6.45, 7) is 7.16. The summed E-state index contributed by atoms with van der Waals surface area (Å²) in [5.41, 5.74) is 2.47. The lowest BCUT2D eigenvalue weighted by Crippen LogP contribution is -2.32. The minimum absolute atomic E-state index is 0. The lowest BCUT2D eigenvalue weighted by Gasteiger charge is -2.24. The Bertz CT molecular complexity index is 682. The van der Waals surface area contributed by atoms with E-state index in [1.54, 1.807) is 0 Å². The van der Waals surface area contributed by atoms with E-state index in [9.17, 15) is 4.79 Å². The molecule has 6 nitrogen and oxygen atoms in total. The first kappa shape index (κ1) is 19.4. The van der Waals surface area contributed by atoms with Gasteiger partial charge >= 0.3 is 0 Å². The molecule has 1 N–H and O–H groups in total. The van der Waals surface area contributed by atoms with Gasteiger partial charge in [0, 0.05) is 13.1 Å². The molecular weight excluding hydrogens is 338 g/mol. The third-order valence-electron chi connectivity index (χ3n) is 4.67. The Balaban J connectivity index is 0.00000225. The molecule has 7 heteroatoms. The van der Waals surface area contributed by atoms with E-state index in [0.29, 0.717) is 24.8 Å². The maximum atomic E-state index is 12.9. The molecule has 0 spiro atoms. The Morgan fingerprint density at radius 2 is 1.96 bits per heavy atom. The highest BCUT2D eigenvalue weighted by molar-refractivity contribution is 5.93. The summed E-state index contributed by atoms with van der Waals surface area (Å²) in [4.78, 5) is 14.7. The molecule has 1 fully saturated rings. The average molecular weight is 364 g/mol. The molecule has 0 radical (unpaired) electrons. The summed E-state index contributed by atoms with van der Waals surface area (Å²) >= 11 is 0. The van der Waals surface area contributed by atoms with Crippen molar-refractivity contribution in [1.29, 1.82) is 0 Å². The van der Waals surface area contributed by atoms with Crippen molar-refractivity contribution in [2.24, 2.45) is 0 Å². The molecule has 1 saturated heterocycles. The van der Waals surface area contributed by atoms with Crippen molar-refractivity contribution < 1.29 is 4.79 Å². The van der Waals surface area contributed by atoms with E-state index in [1.807, 2.05) is 53.8 Å². The topological polar surface area (TPSA) is 63.1 Å². The number of piperidine rings is 1. The molecule has 0 bridgehead atoms. The molecule has 2 aromatic rings. The molecule has 0 aliphatic carbocycles. The quantitative estimate of drug-likeness (QED) is 0.886. The van der Waals surface area contributed by atoms with Gasteiger partial charge in [0.1, 0.15) is 0 Å². The largest absolute Gasteiger partial charge is 0.333 e. The number of amides is 1. The second kappa shape index (κ2) is 8.97. The molecule has 1 amide bonds. The van der Waals surface area contributed by atoms with Crippen LogP contribution < -0.4 is 5.32 Å². The Hall–Kier alpha value is -1.92. The number of halogens is 1. The van der Waals surface area contributed by atoms with Crippen molar-refractivity contribution in [3.8, 4) is 0 Å². The number of rotatable bonds is 5. The van der Waals surface area contributed by atoms with Crippen LogP contribution >= 0.6 is 12.4 Å². The van der Waals surface area contributed by atoms with Crippen molar-refractivity contribution in [3.05, 3.63) is 47.3 Å². The predicted octanol–water partition coefficient (Wildman–Crippen LogP) is 2.60. The van der Waals surface area contributed by atoms with E-state index in [-0.39, 0.29) is 18.3 Å². The first-order valence-electron chi connectivity index (χ1n) is 8.66. The van der Waals surface area contributed by atoms with Gasteiger partial charge in [-0.1, -0.05) is 35.5 Å². The second-order valence-corrected chi connectivity index (χ2v) is 6.25. The van der Waals surface area contributed by atoms with Crippen LogP contribution in [-0.4, -0.2) is 45.4 Å². The molecule has 2 heterocycles. The van der Waals surface area contributed by atoms with E-state index in [2.05, 4.69) is 15.6 Å². The second-order valence-electron chi connectivity index (χ2n) is 6.25. The van der Waals surface area contributed by atoms with Gasteiger partial charge in [-0.25, -0.2) is 4.68 Å². The minimum Gasteiger partial charge on any atom is -0.333 e. The molecular formula is C18H26ClN5O. The average Bonchev–Trinajstić information content (AvgIpc) is 3.02. The van der Waals surface area contributed by atoms with E-state index in [0.717, 1.165) is 37.2 Å². The molecule has 1 aliphatic rings. The summed E-state index contributed by atoms with van der Waals surface area (Å²) in [5, 5.41) is 11.8. The summed E-state index contributed by atoms with van der Waals surface area (Å²) in [6.07, 6.45) is 2.05. The Kier molecular flexibility index (Phi) is 6.96. The van der Waals surface area contributed by atoms with Gasteiger partial charge in [0.15, 0.2) is 5.69 Å². The third kappa shape index (κ3) is 4.38. The molecule has 25 heavy (non-hydrogen) atoms. The lowest BCUT2D eigenvalue weighted by atomic mass is 10.1. The van der Waals surface area contributed by atoms with Crippen molar-refractivity contribution in [2.45, 2.75) is 39.3 Å². The molecule has 0 unspecified atom stereocenters. The number of nitrogens with one attached hydrogen (secondary N) is 1. The minimum atomic E-state index is -0.0426. The summed E-state index contributed by atoms with van der Waals surface area (Å²) in [5.74, 6) is -0.0426.